The van der Waals surface area contributed by atoms with Crippen molar-refractivity contribution < 1.29 is 13.5 Å². The van der Waals surface area contributed by atoms with Crippen molar-refractivity contribution in [3.63, 3.8) is 0 Å². The molecule has 1 aliphatic heterocycles. The number of sulfone groups is 1. The Kier molecular flexibility index (Phi) is 7.46. The van der Waals surface area contributed by atoms with E-state index >= 15 is 0 Å². The molecule has 0 radical (unpaired) electrons. The third kappa shape index (κ3) is 5.27. The second-order valence-electron chi connectivity index (χ2n) is 10.7. The van der Waals surface area contributed by atoms with Crippen LogP contribution < -0.4 is 0 Å². The third-order valence-electron chi connectivity index (χ3n) is 7.67. The Morgan fingerprint density at radius 3 is 2.26 bits per heavy atom. The Balaban J connectivity index is 1.54. The summed E-state index contributed by atoms with van der Waals surface area (Å²) in [6.45, 7) is 1.82. The number of rotatable bonds is 7. The molecule has 0 fully saturated rings. The van der Waals surface area contributed by atoms with Gasteiger partial charge in [0.15, 0.2) is 26.6 Å². The number of imidazole rings is 1. The first-order valence-corrected chi connectivity index (χ1v) is 16.0. The van der Waals surface area contributed by atoms with Crippen molar-refractivity contribution in [1.29, 1.82) is 0 Å². The molecule has 0 aliphatic carbocycles. The van der Waals surface area contributed by atoms with Crippen LogP contribution >= 0.6 is 23.2 Å². The molecule has 0 saturated carbocycles. The van der Waals surface area contributed by atoms with Crippen LogP contribution in [0.25, 0.3) is 10.9 Å². The number of nitrogens with zero attached hydrogens (tertiary/aromatic N) is 5. The summed E-state index contributed by atoms with van der Waals surface area (Å²) in [7, 11) is -1.94. The smallest absolute Gasteiger partial charge is 0.193 e. The third-order valence-corrected chi connectivity index (χ3v) is 9.40. The lowest BCUT2D eigenvalue weighted by Gasteiger charge is -2.30. The molecule has 11 heteroatoms. The van der Waals surface area contributed by atoms with E-state index in [1.54, 1.807) is 73.0 Å². The Morgan fingerprint density at radius 2 is 1.65 bits per heavy atom. The van der Waals surface area contributed by atoms with Crippen molar-refractivity contribution >= 4 is 56.4 Å². The van der Waals surface area contributed by atoms with Crippen LogP contribution in [-0.2, 0) is 28.9 Å². The van der Waals surface area contributed by atoms with Gasteiger partial charge >= 0.3 is 0 Å². The normalized spacial score (nSPS) is 14.9. The zero-order valence-corrected chi connectivity index (χ0v) is 25.9. The molecule has 0 amide bonds. The molecule has 218 valence electrons. The van der Waals surface area contributed by atoms with Gasteiger partial charge in [-0.2, -0.15) is 0 Å². The summed E-state index contributed by atoms with van der Waals surface area (Å²) in [5.74, 6) is 0. The number of aryl methyl sites for hydroxylation is 2. The molecule has 0 saturated heterocycles. The van der Waals surface area contributed by atoms with Gasteiger partial charge in [-0.1, -0.05) is 65.7 Å². The van der Waals surface area contributed by atoms with Crippen LogP contribution in [0.15, 0.2) is 88.2 Å². The molecule has 0 spiro atoms. The Labute approximate surface area is 259 Å². The fraction of sp³-hybridized carbons (Fsp3) is 0.188. The summed E-state index contributed by atoms with van der Waals surface area (Å²) in [5, 5.41) is 13.7. The van der Waals surface area contributed by atoms with Crippen LogP contribution in [-0.4, -0.2) is 46.7 Å². The largest absolute Gasteiger partial charge is 0.374 e. The van der Waals surface area contributed by atoms with E-state index in [9.17, 15) is 13.5 Å². The van der Waals surface area contributed by atoms with Crippen molar-refractivity contribution in [2.75, 3.05) is 6.26 Å². The molecule has 1 unspecified atom stereocenters. The number of halogens is 2. The molecular formula is C32H27Cl2N5O3S. The summed E-state index contributed by atoms with van der Waals surface area (Å²) < 4.78 is 27.7. The maximum absolute atomic E-state index is 13.0. The minimum atomic E-state index is -3.74. The number of aromatic nitrogens is 3. The predicted molar refractivity (Wildman–Crippen MR) is 170 cm³/mol. The summed E-state index contributed by atoms with van der Waals surface area (Å²) in [6, 6.07) is 18.2. The first kappa shape index (κ1) is 29.2. The first-order valence-electron chi connectivity index (χ1n) is 13.4. The van der Waals surface area contributed by atoms with Crippen molar-refractivity contribution in [3.8, 4) is 0 Å². The number of aliphatic imine (C=N–C) groups is 2. The molecule has 8 nitrogen and oxygen atoms in total. The number of benzene rings is 3. The number of hydrogen-bond acceptors (Lipinski definition) is 7. The van der Waals surface area contributed by atoms with E-state index in [-0.39, 0.29) is 22.6 Å². The minimum Gasteiger partial charge on any atom is -0.374 e. The molecular weight excluding hydrogens is 605 g/mol. The van der Waals surface area contributed by atoms with Crippen LogP contribution in [0.5, 0.6) is 0 Å². The van der Waals surface area contributed by atoms with E-state index in [2.05, 4.69) is 20.0 Å². The van der Waals surface area contributed by atoms with Crippen LogP contribution in [0.3, 0.4) is 0 Å². The summed E-state index contributed by atoms with van der Waals surface area (Å²) in [5.41, 5.74) is 3.25. The second kappa shape index (κ2) is 11.0. The van der Waals surface area contributed by atoms with E-state index < -0.39 is 15.4 Å². The quantitative estimate of drug-likeness (QED) is 0.236. The molecule has 1 N–H and O–H groups in total. The number of hydrogen-bond donors (Lipinski definition) is 1. The second-order valence-corrected chi connectivity index (χ2v) is 13.4. The highest BCUT2D eigenvalue weighted by atomic mass is 35.5. The average molecular weight is 633 g/mol. The average Bonchev–Trinajstić information content (AvgIpc) is 3.67. The van der Waals surface area contributed by atoms with Gasteiger partial charge in [0, 0.05) is 48.1 Å². The first-order chi connectivity index (χ1) is 20.5. The predicted octanol–water partition coefficient (Wildman–Crippen LogP) is 6.02. The highest BCUT2D eigenvalue weighted by Gasteiger charge is 2.37. The highest BCUT2D eigenvalue weighted by Crippen LogP contribution is 2.41. The Hall–Kier alpha value is -3.89. The van der Waals surface area contributed by atoms with Crippen LogP contribution in [0.1, 0.15) is 45.2 Å². The van der Waals surface area contributed by atoms with Crippen LogP contribution in [0.2, 0.25) is 10.0 Å². The zero-order chi connectivity index (χ0) is 30.5. The molecule has 0 bridgehead atoms. The van der Waals surface area contributed by atoms with Gasteiger partial charge < -0.3 is 9.67 Å². The number of aliphatic hydroxyl groups is 1. The molecule has 1 aliphatic rings. The van der Waals surface area contributed by atoms with Gasteiger partial charge in [-0.05, 0) is 52.9 Å². The van der Waals surface area contributed by atoms with Gasteiger partial charge in [-0.15, -0.1) is 0 Å². The monoisotopic (exact) mass is 631 g/mol. The number of fused-ring (bicyclic) bond motifs is 1. The molecule has 6 rings (SSSR count). The topological polar surface area (TPSA) is 110 Å². The summed E-state index contributed by atoms with van der Waals surface area (Å²) in [6.07, 6.45) is 7.64. The lowest BCUT2D eigenvalue weighted by atomic mass is 9.82. The van der Waals surface area contributed by atoms with E-state index in [0.717, 1.165) is 17.4 Å². The lowest BCUT2D eigenvalue weighted by molar-refractivity contribution is 0.117. The standard InChI is InChI=1S/C32H27Cl2N5O3S/c1-19-14-23(32(40,27-17-35-18-39(27)2)22-8-10-24(33)11-9-22)16-25-28(34)26(31(38-29(19)25)43(3,41)42)15-20-4-6-21(7-5-20)30-36-12-13-37-30/h4-14,16-18,30,40H,15H2,1-3H3. The Bertz CT molecular complexity index is 2030. The van der Waals surface area contributed by atoms with Gasteiger partial charge in [-0.3, -0.25) is 9.98 Å². The SMILES string of the molecule is Cc1cc(C(O)(c2ccc(Cl)cc2)c2cncn2C)cc2c(Cl)c(Cc3ccc(C4N=CC=N4)cc3)c(S(C)(=O)=O)nc12. The van der Waals surface area contributed by atoms with Gasteiger partial charge in [-0.25, -0.2) is 18.4 Å². The molecule has 1 atom stereocenters. The van der Waals surface area contributed by atoms with Gasteiger partial charge in [0.2, 0.25) is 0 Å². The van der Waals surface area contributed by atoms with Gasteiger partial charge in [0.25, 0.3) is 0 Å². The van der Waals surface area contributed by atoms with Crippen LogP contribution in [0, 0.1) is 6.92 Å². The van der Waals surface area contributed by atoms with Crippen LogP contribution in [0.4, 0.5) is 0 Å². The van der Waals surface area contributed by atoms with Crippen molar-refractivity contribution in [3.05, 3.63) is 122 Å². The van der Waals surface area contributed by atoms with E-state index in [0.29, 0.717) is 43.9 Å². The van der Waals surface area contributed by atoms with Crippen molar-refractivity contribution in [2.24, 2.45) is 17.0 Å². The minimum absolute atomic E-state index is 0.0745. The maximum atomic E-state index is 13.0. The van der Waals surface area contributed by atoms with Gasteiger partial charge in [0.05, 0.1) is 28.8 Å². The van der Waals surface area contributed by atoms with Crippen molar-refractivity contribution in [1.82, 2.24) is 14.5 Å². The molecule has 43 heavy (non-hydrogen) atoms. The molecule has 3 heterocycles. The summed E-state index contributed by atoms with van der Waals surface area (Å²) >= 11 is 13.3. The highest BCUT2D eigenvalue weighted by molar-refractivity contribution is 7.90. The fourth-order valence-electron chi connectivity index (χ4n) is 5.51. The van der Waals surface area contributed by atoms with Crippen molar-refractivity contribution in [2.45, 2.75) is 30.1 Å². The lowest BCUT2D eigenvalue weighted by Crippen LogP contribution is -2.31. The summed E-state index contributed by atoms with van der Waals surface area (Å²) in [4.78, 5) is 17.5. The van der Waals surface area contributed by atoms with E-state index in [4.69, 9.17) is 23.2 Å². The van der Waals surface area contributed by atoms with E-state index in [1.165, 1.54) is 0 Å². The molecule has 5 aromatic rings. The maximum Gasteiger partial charge on any atom is 0.193 e. The van der Waals surface area contributed by atoms with Gasteiger partial charge in [0.1, 0.15) is 0 Å². The zero-order valence-electron chi connectivity index (χ0n) is 23.5. The molecule has 3 aromatic carbocycles. The Morgan fingerprint density at radius 1 is 0.977 bits per heavy atom. The fourth-order valence-corrected chi connectivity index (χ4v) is 6.87. The molecule has 2 aromatic heterocycles. The number of pyridine rings is 1. The van der Waals surface area contributed by atoms with E-state index in [1.807, 2.05) is 31.2 Å².